The van der Waals surface area contributed by atoms with Crippen molar-refractivity contribution in [3.05, 3.63) is 53.6 Å². The molecule has 1 saturated heterocycles. The Morgan fingerprint density at radius 3 is 2.48 bits per heavy atom. The number of hydrogen-bond donors (Lipinski definition) is 0. The van der Waals surface area contributed by atoms with Gasteiger partial charge in [-0.05, 0) is 55.2 Å². The Labute approximate surface area is 160 Å². The van der Waals surface area contributed by atoms with Gasteiger partial charge in [0.15, 0.2) is 6.61 Å². The summed E-state index contributed by atoms with van der Waals surface area (Å²) in [4.78, 5) is 14.7. The first-order valence-corrected chi connectivity index (χ1v) is 9.39. The van der Waals surface area contributed by atoms with E-state index >= 15 is 0 Å². The molecule has 0 aliphatic carbocycles. The molecule has 1 heterocycles. The molecule has 0 N–H and O–H groups in total. The number of nitrogens with zero attached hydrogens (tertiary/aromatic N) is 1. The van der Waals surface area contributed by atoms with Gasteiger partial charge in [-0.25, -0.2) is 0 Å². The average Bonchev–Trinajstić information content (AvgIpc) is 3.21. The Hall–Kier alpha value is -2.69. The molecule has 1 fully saturated rings. The van der Waals surface area contributed by atoms with E-state index in [2.05, 4.69) is 6.92 Å². The summed E-state index contributed by atoms with van der Waals surface area (Å²) >= 11 is 0. The summed E-state index contributed by atoms with van der Waals surface area (Å²) in [5.41, 5.74) is 2.23. The minimum absolute atomic E-state index is 0.0121. The average molecular weight is 369 g/mol. The van der Waals surface area contributed by atoms with Crippen LogP contribution >= 0.6 is 0 Å². The number of benzene rings is 2. The van der Waals surface area contributed by atoms with Crippen LogP contribution in [0.1, 0.15) is 36.9 Å². The highest BCUT2D eigenvalue weighted by atomic mass is 16.5. The molecule has 144 valence electrons. The number of methoxy groups -OCH3 is 2. The normalized spacial score (nSPS) is 16.3. The predicted octanol–water partition coefficient (Wildman–Crippen LogP) is 4.01. The fourth-order valence-corrected chi connectivity index (χ4v) is 3.54. The highest BCUT2D eigenvalue weighted by Crippen LogP contribution is 2.38. The van der Waals surface area contributed by atoms with Crippen molar-refractivity contribution in [3.8, 4) is 17.2 Å². The molecule has 0 aromatic heterocycles. The summed E-state index contributed by atoms with van der Waals surface area (Å²) in [7, 11) is 3.29. The fraction of sp³-hybridized carbons (Fsp3) is 0.409. The van der Waals surface area contributed by atoms with Crippen LogP contribution in [0, 0.1) is 0 Å². The largest absolute Gasteiger partial charge is 0.497 e. The number of ether oxygens (including phenoxy) is 3. The topological polar surface area (TPSA) is 48.0 Å². The fourth-order valence-electron chi connectivity index (χ4n) is 3.54. The van der Waals surface area contributed by atoms with Crippen molar-refractivity contribution in [1.29, 1.82) is 0 Å². The molecule has 1 aliphatic rings. The lowest BCUT2D eigenvalue weighted by Gasteiger charge is -2.26. The molecule has 1 atom stereocenters. The first kappa shape index (κ1) is 19.1. The van der Waals surface area contributed by atoms with E-state index < -0.39 is 0 Å². The number of aryl methyl sites for hydroxylation is 1. The van der Waals surface area contributed by atoms with Crippen molar-refractivity contribution in [3.63, 3.8) is 0 Å². The number of carbonyl (C=O) groups excluding carboxylic acids is 1. The summed E-state index contributed by atoms with van der Waals surface area (Å²) in [6.45, 7) is 2.87. The molecule has 1 aliphatic heterocycles. The Morgan fingerprint density at radius 2 is 1.81 bits per heavy atom. The van der Waals surface area contributed by atoms with Gasteiger partial charge in [-0.2, -0.15) is 0 Å². The zero-order valence-corrected chi connectivity index (χ0v) is 16.2. The highest BCUT2D eigenvalue weighted by Gasteiger charge is 2.32. The smallest absolute Gasteiger partial charge is 0.261 e. The third kappa shape index (κ3) is 4.35. The van der Waals surface area contributed by atoms with Crippen LogP contribution in [-0.4, -0.2) is 38.2 Å². The minimum Gasteiger partial charge on any atom is -0.497 e. The van der Waals surface area contributed by atoms with Crippen LogP contribution in [0.4, 0.5) is 0 Å². The number of rotatable bonds is 7. The van der Waals surface area contributed by atoms with Gasteiger partial charge in [-0.3, -0.25) is 4.79 Å². The Morgan fingerprint density at radius 1 is 1.07 bits per heavy atom. The summed E-state index contributed by atoms with van der Waals surface area (Å²) in [5, 5.41) is 0. The van der Waals surface area contributed by atoms with Crippen LogP contribution in [0.2, 0.25) is 0 Å². The van der Waals surface area contributed by atoms with Crippen LogP contribution in [0.5, 0.6) is 17.2 Å². The van der Waals surface area contributed by atoms with E-state index in [-0.39, 0.29) is 18.6 Å². The van der Waals surface area contributed by atoms with Crippen LogP contribution in [-0.2, 0) is 11.2 Å². The highest BCUT2D eigenvalue weighted by molar-refractivity contribution is 5.78. The first-order chi connectivity index (χ1) is 13.2. The maximum Gasteiger partial charge on any atom is 0.261 e. The van der Waals surface area contributed by atoms with Crippen molar-refractivity contribution < 1.29 is 19.0 Å². The first-order valence-electron chi connectivity index (χ1n) is 9.39. The monoisotopic (exact) mass is 369 g/mol. The van der Waals surface area contributed by atoms with E-state index in [0.29, 0.717) is 0 Å². The van der Waals surface area contributed by atoms with Crippen molar-refractivity contribution in [2.45, 2.75) is 32.2 Å². The summed E-state index contributed by atoms with van der Waals surface area (Å²) in [6, 6.07) is 13.6. The van der Waals surface area contributed by atoms with Crippen LogP contribution < -0.4 is 14.2 Å². The lowest BCUT2D eigenvalue weighted by molar-refractivity contribution is -0.134. The van der Waals surface area contributed by atoms with Gasteiger partial charge >= 0.3 is 0 Å². The molecule has 0 radical (unpaired) electrons. The summed E-state index contributed by atoms with van der Waals surface area (Å²) in [6.07, 6.45) is 2.85. The van der Waals surface area contributed by atoms with Crippen molar-refractivity contribution >= 4 is 5.91 Å². The van der Waals surface area contributed by atoms with E-state index in [1.165, 1.54) is 5.56 Å². The van der Waals surface area contributed by atoms with Crippen LogP contribution in [0.25, 0.3) is 0 Å². The SMILES string of the molecule is CCc1ccc(OCC(=O)N2CCCC2c2cc(OC)ccc2OC)cc1. The van der Waals surface area contributed by atoms with Crippen LogP contribution in [0.15, 0.2) is 42.5 Å². The van der Waals surface area contributed by atoms with Crippen molar-refractivity contribution in [1.82, 2.24) is 4.90 Å². The van der Waals surface area contributed by atoms with Crippen molar-refractivity contribution in [2.24, 2.45) is 0 Å². The Kier molecular flexibility index (Phi) is 6.22. The molecule has 0 spiro atoms. The van der Waals surface area contributed by atoms with Gasteiger partial charge in [0.2, 0.25) is 0 Å². The molecule has 5 nitrogen and oxygen atoms in total. The second-order valence-electron chi connectivity index (χ2n) is 6.64. The van der Waals surface area contributed by atoms with Gasteiger partial charge < -0.3 is 19.1 Å². The molecular formula is C22H27NO4. The zero-order valence-electron chi connectivity index (χ0n) is 16.2. The maximum atomic E-state index is 12.8. The minimum atomic E-state index is -0.0198. The number of hydrogen-bond acceptors (Lipinski definition) is 4. The third-order valence-corrected chi connectivity index (χ3v) is 5.06. The lowest BCUT2D eigenvalue weighted by Crippen LogP contribution is -2.34. The molecular weight excluding hydrogens is 342 g/mol. The van der Waals surface area contributed by atoms with Gasteiger partial charge in [0.25, 0.3) is 5.91 Å². The van der Waals surface area contributed by atoms with E-state index in [4.69, 9.17) is 14.2 Å². The van der Waals surface area contributed by atoms with Crippen molar-refractivity contribution in [2.75, 3.05) is 27.4 Å². The van der Waals surface area contributed by atoms with Gasteiger partial charge in [0, 0.05) is 12.1 Å². The zero-order chi connectivity index (χ0) is 19.2. The Bertz CT molecular complexity index is 772. The van der Waals surface area contributed by atoms with E-state index in [0.717, 1.165) is 48.6 Å². The van der Waals surface area contributed by atoms with Crippen LogP contribution in [0.3, 0.4) is 0 Å². The molecule has 0 bridgehead atoms. The van der Waals surface area contributed by atoms with Gasteiger partial charge in [0.05, 0.1) is 20.3 Å². The second-order valence-corrected chi connectivity index (χ2v) is 6.64. The molecule has 2 aromatic rings. The van der Waals surface area contributed by atoms with Gasteiger partial charge in [-0.15, -0.1) is 0 Å². The van der Waals surface area contributed by atoms with Gasteiger partial charge in [0.1, 0.15) is 17.2 Å². The molecule has 2 aromatic carbocycles. The third-order valence-electron chi connectivity index (χ3n) is 5.06. The molecule has 1 unspecified atom stereocenters. The second kappa shape index (κ2) is 8.80. The quantitative estimate of drug-likeness (QED) is 0.740. The number of likely N-dealkylation sites (tertiary alicyclic amines) is 1. The molecule has 27 heavy (non-hydrogen) atoms. The lowest BCUT2D eigenvalue weighted by atomic mass is 10.0. The van der Waals surface area contributed by atoms with Gasteiger partial charge in [-0.1, -0.05) is 19.1 Å². The summed E-state index contributed by atoms with van der Waals surface area (Å²) < 4.78 is 16.6. The number of amides is 1. The predicted molar refractivity (Wildman–Crippen MR) is 105 cm³/mol. The van der Waals surface area contributed by atoms with E-state index in [1.54, 1.807) is 14.2 Å². The Balaban J connectivity index is 1.70. The molecule has 3 rings (SSSR count). The molecule has 0 saturated carbocycles. The summed E-state index contributed by atoms with van der Waals surface area (Å²) in [5.74, 6) is 2.24. The van der Waals surface area contributed by atoms with E-state index in [9.17, 15) is 4.79 Å². The number of carbonyl (C=O) groups is 1. The van der Waals surface area contributed by atoms with E-state index in [1.807, 2.05) is 47.4 Å². The molecule has 1 amide bonds. The molecule has 5 heteroatoms. The maximum absolute atomic E-state index is 12.8. The standard InChI is InChI=1S/C22H27NO4/c1-4-16-7-9-17(10-8-16)27-15-22(24)23-13-5-6-20(23)19-14-18(25-2)11-12-21(19)26-3/h7-12,14,20H,4-6,13,15H2,1-3H3.